The van der Waals surface area contributed by atoms with Crippen LogP contribution in [0.5, 0.6) is 0 Å². The lowest BCUT2D eigenvalue weighted by atomic mass is 10.0. The summed E-state index contributed by atoms with van der Waals surface area (Å²) in [5, 5.41) is 15.2. The van der Waals surface area contributed by atoms with Gasteiger partial charge in [0, 0.05) is 6.61 Å². The van der Waals surface area contributed by atoms with E-state index in [9.17, 15) is 0 Å². The molecule has 0 saturated heterocycles. The minimum absolute atomic E-state index is 0.125. The molecule has 1 unspecified atom stereocenters. The fourth-order valence-electron chi connectivity index (χ4n) is 1.23. The van der Waals surface area contributed by atoms with Gasteiger partial charge in [-0.15, -0.1) is 0 Å². The first kappa shape index (κ1) is 18.3. The van der Waals surface area contributed by atoms with Gasteiger partial charge in [-0.05, 0) is 26.2 Å². The predicted octanol–water partition coefficient (Wildman–Crippen LogP) is 2.60. The Morgan fingerprint density at radius 3 is 1.94 bits per heavy atom. The molecule has 2 N–H and O–H groups in total. The van der Waals surface area contributed by atoms with Crippen molar-refractivity contribution in [1.82, 2.24) is 0 Å². The predicted molar refractivity (Wildman–Crippen MR) is 68.6 cm³/mol. The molecule has 0 saturated carbocycles. The van der Waals surface area contributed by atoms with Crippen molar-refractivity contribution in [3.63, 3.8) is 0 Å². The third-order valence-electron chi connectivity index (χ3n) is 2.31. The summed E-state index contributed by atoms with van der Waals surface area (Å²) in [5.74, 6) is 0.785. The molecule has 0 aliphatic rings. The van der Waals surface area contributed by atoms with E-state index in [1.165, 1.54) is 25.7 Å². The zero-order valence-electron chi connectivity index (χ0n) is 11.4. The van der Waals surface area contributed by atoms with E-state index in [0.29, 0.717) is 6.10 Å². The highest BCUT2D eigenvalue weighted by atomic mass is 16.5. The van der Waals surface area contributed by atoms with E-state index < -0.39 is 0 Å². The second-order valence-corrected chi connectivity index (χ2v) is 4.25. The van der Waals surface area contributed by atoms with Gasteiger partial charge in [-0.25, -0.2) is 0 Å². The summed E-state index contributed by atoms with van der Waals surface area (Å²) < 4.78 is 5.59. The average molecular weight is 234 g/mol. The molecule has 0 aromatic carbocycles. The number of rotatable bonds is 8. The first-order valence-electron chi connectivity index (χ1n) is 6.45. The van der Waals surface area contributed by atoms with E-state index in [1.54, 1.807) is 0 Å². The fourth-order valence-corrected chi connectivity index (χ4v) is 1.23. The summed E-state index contributed by atoms with van der Waals surface area (Å²) in [5.41, 5.74) is 0. The lowest BCUT2D eigenvalue weighted by molar-refractivity contribution is 0.0474. The molecule has 0 heterocycles. The molecule has 100 valence electrons. The summed E-state index contributed by atoms with van der Waals surface area (Å²) >= 11 is 0. The second kappa shape index (κ2) is 14.9. The van der Waals surface area contributed by atoms with Gasteiger partial charge in [0.15, 0.2) is 0 Å². The molecule has 0 aliphatic carbocycles. The van der Waals surface area contributed by atoms with Crippen molar-refractivity contribution in [3.8, 4) is 0 Å². The lowest BCUT2D eigenvalue weighted by Crippen LogP contribution is -2.13. The summed E-state index contributed by atoms with van der Waals surface area (Å²) in [4.78, 5) is 0. The highest BCUT2D eigenvalue weighted by Crippen LogP contribution is 2.13. The van der Waals surface area contributed by atoms with Crippen molar-refractivity contribution in [1.29, 1.82) is 0 Å². The zero-order valence-corrected chi connectivity index (χ0v) is 11.4. The Bertz CT molecular complexity index is 114. The van der Waals surface area contributed by atoms with Gasteiger partial charge in [0.25, 0.3) is 0 Å². The molecular formula is C13H30O3. The van der Waals surface area contributed by atoms with Crippen molar-refractivity contribution in [2.75, 3.05) is 19.8 Å². The molecule has 3 heteroatoms. The third-order valence-corrected chi connectivity index (χ3v) is 2.31. The number of aliphatic hydroxyl groups is 2. The van der Waals surface area contributed by atoms with Crippen LogP contribution in [0.4, 0.5) is 0 Å². The van der Waals surface area contributed by atoms with Crippen molar-refractivity contribution in [3.05, 3.63) is 0 Å². The molecule has 1 atom stereocenters. The molecular weight excluding hydrogens is 204 g/mol. The van der Waals surface area contributed by atoms with Gasteiger partial charge in [0.2, 0.25) is 0 Å². The Kier molecular flexibility index (Phi) is 17.0. The first-order chi connectivity index (χ1) is 7.62. The van der Waals surface area contributed by atoms with Crippen LogP contribution in [0.25, 0.3) is 0 Å². The van der Waals surface area contributed by atoms with Gasteiger partial charge in [-0.3, -0.25) is 0 Å². The Morgan fingerprint density at radius 2 is 1.62 bits per heavy atom. The minimum Gasteiger partial charge on any atom is -0.394 e. The Labute approximate surface area is 101 Å². The van der Waals surface area contributed by atoms with Crippen LogP contribution < -0.4 is 0 Å². The van der Waals surface area contributed by atoms with Crippen LogP contribution in [0.2, 0.25) is 0 Å². The number of aliphatic hydroxyl groups excluding tert-OH is 2. The summed E-state index contributed by atoms with van der Waals surface area (Å²) in [6, 6.07) is 0. The van der Waals surface area contributed by atoms with Crippen LogP contribution in [0.3, 0.4) is 0 Å². The average Bonchev–Trinajstić information content (AvgIpc) is 2.29. The van der Waals surface area contributed by atoms with Crippen molar-refractivity contribution < 1.29 is 14.9 Å². The van der Waals surface area contributed by atoms with Crippen LogP contribution in [-0.2, 0) is 4.74 Å². The van der Waals surface area contributed by atoms with Gasteiger partial charge in [-0.2, -0.15) is 0 Å². The van der Waals surface area contributed by atoms with Crippen molar-refractivity contribution >= 4 is 0 Å². The Balaban J connectivity index is 0. The first-order valence-corrected chi connectivity index (χ1v) is 6.45. The molecule has 0 fully saturated rings. The second-order valence-electron chi connectivity index (χ2n) is 4.25. The highest BCUT2D eigenvalue weighted by molar-refractivity contribution is 4.56. The monoisotopic (exact) mass is 234 g/mol. The quantitative estimate of drug-likeness (QED) is 0.678. The van der Waals surface area contributed by atoms with Gasteiger partial charge < -0.3 is 14.9 Å². The summed E-state index contributed by atoms with van der Waals surface area (Å²) in [6.07, 6.45) is 5.63. The molecule has 0 aromatic heterocycles. The number of hydrogen-bond acceptors (Lipinski definition) is 3. The van der Waals surface area contributed by atoms with Crippen LogP contribution in [0, 0.1) is 5.92 Å². The normalized spacial score (nSPS) is 12.2. The summed E-state index contributed by atoms with van der Waals surface area (Å²) in [7, 11) is 0. The number of ether oxygens (including phenoxy) is 1. The molecule has 0 amide bonds. The highest BCUT2D eigenvalue weighted by Gasteiger charge is 2.06. The van der Waals surface area contributed by atoms with Crippen LogP contribution >= 0.6 is 0 Å². The van der Waals surface area contributed by atoms with Gasteiger partial charge >= 0.3 is 0 Å². The maximum absolute atomic E-state index is 7.62. The number of hydrogen-bond donors (Lipinski definition) is 2. The molecule has 16 heavy (non-hydrogen) atoms. The molecule has 0 aromatic rings. The fraction of sp³-hybridized carbons (Fsp3) is 1.00. The van der Waals surface area contributed by atoms with E-state index in [2.05, 4.69) is 27.7 Å². The molecule has 0 aliphatic heterocycles. The van der Waals surface area contributed by atoms with E-state index in [1.807, 2.05) is 0 Å². The molecule has 0 bridgehead atoms. The summed E-state index contributed by atoms with van der Waals surface area (Å²) in [6.45, 7) is 9.41. The van der Waals surface area contributed by atoms with E-state index >= 15 is 0 Å². The molecule has 3 nitrogen and oxygen atoms in total. The zero-order chi connectivity index (χ0) is 12.8. The maximum Gasteiger partial charge on any atom is 0.0662 e. The molecule has 0 radical (unpaired) electrons. The van der Waals surface area contributed by atoms with Crippen LogP contribution in [0.15, 0.2) is 0 Å². The SMILES string of the molecule is CCCCC(CC)COC(C)C.OCCO. The van der Waals surface area contributed by atoms with E-state index in [-0.39, 0.29) is 13.2 Å². The largest absolute Gasteiger partial charge is 0.394 e. The Hall–Kier alpha value is -0.120. The molecule has 0 rings (SSSR count). The van der Waals surface area contributed by atoms with Gasteiger partial charge in [-0.1, -0.05) is 33.1 Å². The van der Waals surface area contributed by atoms with E-state index in [4.69, 9.17) is 14.9 Å². The molecule has 0 spiro atoms. The topological polar surface area (TPSA) is 49.7 Å². The van der Waals surface area contributed by atoms with Gasteiger partial charge in [0.05, 0.1) is 19.3 Å². The minimum atomic E-state index is -0.125. The standard InChI is InChI=1S/C11H24O.C2H6O2/c1-5-7-8-11(6-2)9-12-10(3)4;3-1-2-4/h10-11H,5-9H2,1-4H3;3-4H,1-2H2. The lowest BCUT2D eigenvalue weighted by Gasteiger charge is -2.16. The van der Waals surface area contributed by atoms with Crippen molar-refractivity contribution in [2.45, 2.75) is 59.5 Å². The van der Waals surface area contributed by atoms with E-state index in [0.717, 1.165) is 12.5 Å². The van der Waals surface area contributed by atoms with Gasteiger partial charge in [0.1, 0.15) is 0 Å². The third kappa shape index (κ3) is 16.3. The smallest absolute Gasteiger partial charge is 0.0662 e. The van der Waals surface area contributed by atoms with Crippen molar-refractivity contribution in [2.24, 2.45) is 5.92 Å². The van der Waals surface area contributed by atoms with Crippen LogP contribution in [-0.4, -0.2) is 36.1 Å². The number of unbranched alkanes of at least 4 members (excludes halogenated alkanes) is 1. The van der Waals surface area contributed by atoms with Crippen LogP contribution in [0.1, 0.15) is 53.4 Å². The Morgan fingerprint density at radius 1 is 1.06 bits per heavy atom. The maximum atomic E-state index is 7.62.